The molecule has 0 fully saturated rings. The molecule has 0 amide bonds. The first-order valence-corrected chi connectivity index (χ1v) is 11.7. The van der Waals surface area contributed by atoms with Gasteiger partial charge in [-0.1, -0.05) is 30.3 Å². The second-order valence-electron chi connectivity index (χ2n) is 5.83. The molecule has 1 aromatic carbocycles. The number of hydrogen-bond acceptors (Lipinski definition) is 8. The first kappa shape index (κ1) is 20.9. The van der Waals surface area contributed by atoms with Crippen LogP contribution in [0.3, 0.4) is 0 Å². The van der Waals surface area contributed by atoms with E-state index in [0.717, 1.165) is 6.26 Å². The number of carbonyl (C=O) groups is 2. The molecule has 1 N–H and O–H groups in total. The largest absolute Gasteiger partial charge is 0.439 e. The smallest absolute Gasteiger partial charge is 0.383 e. The van der Waals surface area contributed by atoms with E-state index in [1.807, 2.05) is 0 Å². The van der Waals surface area contributed by atoms with Gasteiger partial charge in [-0.3, -0.25) is 9.59 Å². The molecular weight excluding hydrogens is 395 g/mol. The van der Waals surface area contributed by atoms with Crippen molar-refractivity contribution >= 4 is 29.4 Å². The van der Waals surface area contributed by atoms with Crippen molar-refractivity contribution < 1.29 is 31.6 Å². The predicted octanol–water partition coefficient (Wildman–Crippen LogP) is 1.87. The highest BCUT2D eigenvalue weighted by molar-refractivity contribution is 7.91. The molecule has 0 aliphatic rings. The fourth-order valence-corrected chi connectivity index (χ4v) is 4.32. The first-order valence-electron chi connectivity index (χ1n) is 7.88. The molecule has 0 radical (unpaired) electrons. The van der Waals surface area contributed by atoms with Crippen molar-refractivity contribution in [2.75, 3.05) is 12.0 Å². The Morgan fingerprint density at radius 1 is 1.15 bits per heavy atom. The van der Waals surface area contributed by atoms with Crippen molar-refractivity contribution in [3.05, 3.63) is 54.1 Å². The highest BCUT2D eigenvalue weighted by Crippen LogP contribution is 2.52. The van der Waals surface area contributed by atoms with Gasteiger partial charge < -0.3 is 14.0 Å². The van der Waals surface area contributed by atoms with Crippen LogP contribution < -0.4 is 0 Å². The highest BCUT2D eigenvalue weighted by atomic mass is 32.2. The maximum atomic E-state index is 12.9. The zero-order valence-electron chi connectivity index (χ0n) is 14.5. The van der Waals surface area contributed by atoms with Crippen molar-refractivity contribution in [2.45, 2.75) is 19.0 Å². The van der Waals surface area contributed by atoms with E-state index in [2.05, 4.69) is 9.97 Å². The Balaban J connectivity index is 2.09. The molecule has 2 aromatic rings. The van der Waals surface area contributed by atoms with Crippen molar-refractivity contribution in [1.29, 1.82) is 0 Å². The Bertz CT molecular complexity index is 927. The molecule has 1 atom stereocenters. The summed E-state index contributed by atoms with van der Waals surface area (Å²) >= 11 is 0. The lowest BCUT2D eigenvalue weighted by atomic mass is 10.2. The molecule has 0 bridgehead atoms. The summed E-state index contributed by atoms with van der Waals surface area (Å²) in [7, 11) is -7.92. The van der Waals surface area contributed by atoms with Gasteiger partial charge >= 0.3 is 19.5 Å². The second kappa shape index (κ2) is 8.96. The molecule has 0 spiro atoms. The molecule has 146 valence electrons. The predicted molar refractivity (Wildman–Crippen MR) is 96.6 cm³/mol. The summed E-state index contributed by atoms with van der Waals surface area (Å²) in [6, 6.07) is 8.33. The topological polar surface area (TPSA) is 132 Å². The van der Waals surface area contributed by atoms with Crippen molar-refractivity contribution in [3.63, 3.8) is 0 Å². The van der Waals surface area contributed by atoms with Gasteiger partial charge in [0.2, 0.25) is 0 Å². The van der Waals surface area contributed by atoms with Gasteiger partial charge in [-0.15, -0.1) is 0 Å². The van der Waals surface area contributed by atoms with Crippen molar-refractivity contribution in [2.24, 2.45) is 0 Å². The lowest BCUT2D eigenvalue weighted by Crippen LogP contribution is -2.18. The molecule has 2 rings (SSSR count). The Labute approximate surface area is 156 Å². The Morgan fingerprint density at radius 3 is 2.41 bits per heavy atom. The van der Waals surface area contributed by atoms with E-state index in [4.69, 9.17) is 9.05 Å². The summed E-state index contributed by atoms with van der Waals surface area (Å²) < 4.78 is 45.2. The SMILES string of the molecule is CS(=O)(=O)CC(=O)OP(=O)(Cc1ccccc1)OC(=O)CCc1cnc[nH]1. The maximum Gasteiger partial charge on any atom is 0.439 e. The van der Waals surface area contributed by atoms with E-state index in [1.165, 1.54) is 12.5 Å². The normalized spacial score (nSPS) is 13.5. The van der Waals surface area contributed by atoms with Gasteiger partial charge in [0.05, 0.1) is 18.9 Å². The van der Waals surface area contributed by atoms with Crippen LogP contribution in [-0.2, 0) is 45.6 Å². The highest BCUT2D eigenvalue weighted by Gasteiger charge is 2.34. The fraction of sp³-hybridized carbons (Fsp3) is 0.312. The van der Waals surface area contributed by atoms with Gasteiger partial charge in [-0.2, -0.15) is 0 Å². The van der Waals surface area contributed by atoms with Crippen LogP contribution in [0.4, 0.5) is 0 Å². The molecule has 0 saturated heterocycles. The van der Waals surface area contributed by atoms with Crippen LogP contribution >= 0.6 is 7.60 Å². The third-order valence-electron chi connectivity index (χ3n) is 3.23. The second-order valence-corrected chi connectivity index (χ2v) is 9.87. The number of aromatic nitrogens is 2. The van der Waals surface area contributed by atoms with E-state index in [0.29, 0.717) is 11.3 Å². The molecule has 9 nitrogen and oxygen atoms in total. The lowest BCUT2D eigenvalue weighted by molar-refractivity contribution is -0.137. The molecule has 27 heavy (non-hydrogen) atoms. The quantitative estimate of drug-likeness (QED) is 0.615. The molecule has 0 aliphatic heterocycles. The van der Waals surface area contributed by atoms with E-state index in [1.54, 1.807) is 30.3 Å². The van der Waals surface area contributed by atoms with Crippen LogP contribution in [0.1, 0.15) is 17.7 Å². The summed E-state index contributed by atoms with van der Waals surface area (Å²) in [6.45, 7) is 0. The summed E-state index contributed by atoms with van der Waals surface area (Å²) in [5.74, 6) is -3.04. The van der Waals surface area contributed by atoms with E-state index in [-0.39, 0.29) is 19.0 Å². The van der Waals surface area contributed by atoms with Crippen LogP contribution in [-0.4, -0.2) is 42.3 Å². The zero-order valence-corrected chi connectivity index (χ0v) is 16.2. The fourth-order valence-electron chi connectivity index (χ4n) is 2.14. The third-order valence-corrected chi connectivity index (χ3v) is 5.71. The Morgan fingerprint density at radius 2 is 1.81 bits per heavy atom. The third kappa shape index (κ3) is 7.76. The summed E-state index contributed by atoms with van der Waals surface area (Å²) in [5.41, 5.74) is 1.19. The van der Waals surface area contributed by atoms with Crippen LogP contribution in [0.25, 0.3) is 0 Å². The average molecular weight is 414 g/mol. The first-order chi connectivity index (χ1) is 12.7. The molecule has 1 heterocycles. The van der Waals surface area contributed by atoms with Gasteiger partial charge in [0.1, 0.15) is 5.75 Å². The molecule has 1 unspecified atom stereocenters. The van der Waals surface area contributed by atoms with E-state index >= 15 is 0 Å². The minimum Gasteiger partial charge on any atom is -0.383 e. The number of hydrogen-bond donors (Lipinski definition) is 1. The summed E-state index contributed by atoms with van der Waals surface area (Å²) in [4.78, 5) is 30.5. The van der Waals surface area contributed by atoms with Crippen LogP contribution in [0.2, 0.25) is 0 Å². The number of aromatic amines is 1. The number of sulfone groups is 1. The number of aryl methyl sites for hydroxylation is 1. The standard InChI is InChI=1S/C16H19N2O7PS/c1-27(22,23)11-16(20)25-26(21,10-13-5-3-2-4-6-13)24-15(19)8-7-14-9-17-12-18-14/h2-6,9,12H,7-8,10-11H2,1H3,(H,17,18). The lowest BCUT2D eigenvalue weighted by Gasteiger charge is -2.18. The molecular formula is C16H19N2O7PS. The van der Waals surface area contributed by atoms with Crippen LogP contribution in [0.5, 0.6) is 0 Å². The van der Waals surface area contributed by atoms with Crippen molar-refractivity contribution in [1.82, 2.24) is 9.97 Å². The van der Waals surface area contributed by atoms with Crippen LogP contribution in [0.15, 0.2) is 42.9 Å². The number of nitrogens with one attached hydrogen (secondary N) is 1. The van der Waals surface area contributed by atoms with Gasteiger partial charge in [0.15, 0.2) is 9.84 Å². The number of H-pyrrole nitrogens is 1. The molecule has 0 aliphatic carbocycles. The summed E-state index contributed by atoms with van der Waals surface area (Å²) in [6.07, 6.45) is 3.62. The molecule has 1 aromatic heterocycles. The number of imidazole rings is 1. The Kier molecular flexibility index (Phi) is 6.92. The van der Waals surface area contributed by atoms with Gasteiger partial charge in [0, 0.05) is 18.1 Å². The number of rotatable bonds is 9. The van der Waals surface area contributed by atoms with Gasteiger partial charge in [-0.25, -0.2) is 18.0 Å². The number of carbonyl (C=O) groups excluding carboxylic acids is 2. The van der Waals surface area contributed by atoms with Crippen LogP contribution in [0, 0.1) is 0 Å². The minimum absolute atomic E-state index is 0.120. The van der Waals surface area contributed by atoms with E-state index < -0.39 is 35.1 Å². The zero-order chi connectivity index (χ0) is 19.9. The monoisotopic (exact) mass is 414 g/mol. The van der Waals surface area contributed by atoms with Gasteiger partial charge in [-0.05, 0) is 12.0 Å². The minimum atomic E-state index is -4.24. The number of benzene rings is 1. The number of nitrogens with zero attached hydrogens (tertiary/aromatic N) is 1. The average Bonchev–Trinajstić information content (AvgIpc) is 3.04. The maximum absolute atomic E-state index is 12.9. The molecule has 0 saturated carbocycles. The Hall–Kier alpha value is -2.45. The molecule has 11 heteroatoms. The van der Waals surface area contributed by atoms with Gasteiger partial charge in [0.25, 0.3) is 0 Å². The summed E-state index contributed by atoms with van der Waals surface area (Å²) in [5, 5.41) is 0. The van der Waals surface area contributed by atoms with Crippen molar-refractivity contribution in [3.8, 4) is 0 Å². The van der Waals surface area contributed by atoms with E-state index in [9.17, 15) is 22.6 Å².